The molecule has 0 aliphatic rings. The van der Waals surface area contributed by atoms with Crippen molar-refractivity contribution in [3.05, 3.63) is 15.8 Å². The number of aryl methyl sites for hydroxylation is 2. The van der Waals surface area contributed by atoms with Gasteiger partial charge in [0.1, 0.15) is 5.69 Å². The van der Waals surface area contributed by atoms with Crippen LogP contribution in [-0.4, -0.2) is 32.2 Å². The second-order valence-corrected chi connectivity index (χ2v) is 4.73. The van der Waals surface area contributed by atoms with Crippen LogP contribution in [0.5, 0.6) is 0 Å². The minimum atomic E-state index is -0.408. The number of aliphatic hydroxyl groups is 1. The van der Waals surface area contributed by atoms with E-state index in [1.54, 1.807) is 14.0 Å². The van der Waals surface area contributed by atoms with E-state index in [1.165, 1.54) is 16.4 Å². The van der Waals surface area contributed by atoms with Crippen molar-refractivity contribution < 1.29 is 10.0 Å². The topological polar surface area (TPSA) is 81.2 Å². The summed E-state index contributed by atoms with van der Waals surface area (Å²) in [7, 11) is 1.69. The first-order valence-electron chi connectivity index (χ1n) is 4.89. The highest BCUT2D eigenvalue weighted by Crippen LogP contribution is 2.32. The molecule has 1 atom stereocenters. The molecule has 0 amide bonds. The number of rotatable bonds is 5. The van der Waals surface area contributed by atoms with Crippen molar-refractivity contribution in [3.63, 3.8) is 0 Å². The third-order valence-electron chi connectivity index (χ3n) is 2.14. The van der Waals surface area contributed by atoms with Crippen LogP contribution in [0.1, 0.15) is 12.6 Å². The molecule has 0 spiro atoms. The van der Waals surface area contributed by atoms with Crippen LogP contribution in [0.4, 0.5) is 5.69 Å². The van der Waals surface area contributed by atoms with Crippen molar-refractivity contribution >= 4 is 17.4 Å². The zero-order chi connectivity index (χ0) is 12.3. The Labute approximate surface area is 97.8 Å². The van der Waals surface area contributed by atoms with Crippen LogP contribution < -0.4 is 0 Å². The monoisotopic (exact) mass is 245 g/mol. The summed E-state index contributed by atoms with van der Waals surface area (Å²) in [5.41, 5.74) is 0.490. The molecule has 0 aliphatic carbocycles. The molecule has 1 aromatic rings. The number of nitro groups is 1. The lowest BCUT2D eigenvalue weighted by Crippen LogP contribution is -2.05. The van der Waals surface area contributed by atoms with Crippen molar-refractivity contribution in [2.24, 2.45) is 13.0 Å². The third-order valence-corrected chi connectivity index (χ3v) is 3.60. The van der Waals surface area contributed by atoms with Gasteiger partial charge in [0.05, 0.1) is 4.92 Å². The zero-order valence-electron chi connectivity index (χ0n) is 9.51. The van der Waals surface area contributed by atoms with Crippen molar-refractivity contribution in [2.45, 2.75) is 18.9 Å². The van der Waals surface area contributed by atoms with E-state index >= 15 is 0 Å². The van der Waals surface area contributed by atoms with Gasteiger partial charge in [-0.3, -0.25) is 14.8 Å². The van der Waals surface area contributed by atoms with Gasteiger partial charge >= 0.3 is 5.69 Å². The van der Waals surface area contributed by atoms with Crippen molar-refractivity contribution in [1.82, 2.24) is 9.78 Å². The van der Waals surface area contributed by atoms with E-state index in [9.17, 15) is 10.1 Å². The molecule has 1 rings (SSSR count). The smallest absolute Gasteiger partial charge is 0.323 e. The van der Waals surface area contributed by atoms with Crippen LogP contribution in [0.2, 0.25) is 0 Å². The lowest BCUT2D eigenvalue weighted by atomic mass is 10.2. The molecule has 0 aliphatic heterocycles. The second-order valence-electron chi connectivity index (χ2n) is 3.72. The molecule has 0 aromatic carbocycles. The maximum absolute atomic E-state index is 10.9. The summed E-state index contributed by atoms with van der Waals surface area (Å²) in [6.07, 6.45) is 0. The molecule has 0 saturated carbocycles. The van der Waals surface area contributed by atoms with E-state index in [-0.39, 0.29) is 18.2 Å². The Morgan fingerprint density at radius 1 is 1.69 bits per heavy atom. The first kappa shape index (κ1) is 13.0. The maximum atomic E-state index is 10.9. The van der Waals surface area contributed by atoms with Crippen LogP contribution >= 0.6 is 11.8 Å². The van der Waals surface area contributed by atoms with Gasteiger partial charge < -0.3 is 5.11 Å². The van der Waals surface area contributed by atoms with Crippen LogP contribution in [0, 0.1) is 23.0 Å². The number of aromatic nitrogens is 2. The highest BCUT2D eigenvalue weighted by atomic mass is 32.2. The molecule has 0 bridgehead atoms. The molecule has 6 nitrogen and oxygen atoms in total. The molecule has 1 aromatic heterocycles. The lowest BCUT2D eigenvalue weighted by molar-refractivity contribution is -0.388. The molecule has 16 heavy (non-hydrogen) atoms. The second kappa shape index (κ2) is 5.31. The maximum Gasteiger partial charge on any atom is 0.323 e. The van der Waals surface area contributed by atoms with Crippen LogP contribution in [0.15, 0.2) is 5.03 Å². The number of thioether (sulfide) groups is 1. The normalized spacial score (nSPS) is 12.8. The molecule has 1 N–H and O–H groups in total. The van der Waals surface area contributed by atoms with Crippen molar-refractivity contribution in [2.75, 3.05) is 12.4 Å². The minimum Gasteiger partial charge on any atom is -0.396 e. The van der Waals surface area contributed by atoms with Gasteiger partial charge in [-0.05, 0) is 12.8 Å². The number of hydrogen-bond donors (Lipinski definition) is 1. The molecule has 0 fully saturated rings. The summed E-state index contributed by atoms with van der Waals surface area (Å²) in [6.45, 7) is 3.59. The molecule has 0 radical (unpaired) electrons. The van der Waals surface area contributed by atoms with Crippen molar-refractivity contribution in [1.29, 1.82) is 0 Å². The number of nitrogens with zero attached hydrogens (tertiary/aromatic N) is 3. The van der Waals surface area contributed by atoms with Gasteiger partial charge in [0.2, 0.25) is 0 Å². The summed E-state index contributed by atoms with van der Waals surface area (Å²) in [5, 5.41) is 24.3. The minimum absolute atomic E-state index is 0.0673. The van der Waals surface area contributed by atoms with Gasteiger partial charge in [-0.15, -0.1) is 0 Å². The van der Waals surface area contributed by atoms with E-state index in [4.69, 9.17) is 5.11 Å². The summed E-state index contributed by atoms with van der Waals surface area (Å²) < 4.78 is 1.52. The van der Waals surface area contributed by atoms with Gasteiger partial charge in [0.25, 0.3) is 0 Å². The van der Waals surface area contributed by atoms with Crippen LogP contribution in [0.3, 0.4) is 0 Å². The average molecular weight is 245 g/mol. The molecule has 1 heterocycles. The lowest BCUT2D eigenvalue weighted by Gasteiger charge is -2.06. The highest BCUT2D eigenvalue weighted by molar-refractivity contribution is 7.99. The largest absolute Gasteiger partial charge is 0.396 e. The summed E-state index contributed by atoms with van der Waals surface area (Å²) >= 11 is 1.35. The first-order valence-corrected chi connectivity index (χ1v) is 5.87. The van der Waals surface area contributed by atoms with E-state index in [0.717, 1.165) is 0 Å². The van der Waals surface area contributed by atoms with Gasteiger partial charge in [-0.25, -0.2) is 0 Å². The van der Waals surface area contributed by atoms with Gasteiger partial charge in [0.15, 0.2) is 5.03 Å². The van der Waals surface area contributed by atoms with E-state index < -0.39 is 4.92 Å². The Hall–Kier alpha value is -1.08. The summed E-state index contributed by atoms with van der Waals surface area (Å²) in [6, 6.07) is 0. The van der Waals surface area contributed by atoms with Crippen LogP contribution in [0.25, 0.3) is 0 Å². The molecular formula is C9H15N3O3S. The van der Waals surface area contributed by atoms with Crippen molar-refractivity contribution in [3.8, 4) is 0 Å². The Morgan fingerprint density at radius 3 is 2.81 bits per heavy atom. The number of aliphatic hydroxyl groups excluding tert-OH is 1. The quantitative estimate of drug-likeness (QED) is 0.481. The van der Waals surface area contributed by atoms with Crippen LogP contribution in [-0.2, 0) is 7.05 Å². The molecular weight excluding hydrogens is 230 g/mol. The Balaban J connectivity index is 2.90. The predicted molar refractivity (Wildman–Crippen MR) is 61.6 cm³/mol. The average Bonchev–Trinajstić information content (AvgIpc) is 2.49. The molecule has 7 heteroatoms. The fraction of sp³-hybridized carbons (Fsp3) is 0.667. The SMILES string of the molecule is Cc1nn(C)c(SCC(C)CO)c1[N+](=O)[O-]. The standard InChI is InChI=1S/C9H15N3O3S/c1-6(4-13)5-16-9-8(12(14)15)7(2)10-11(9)3/h6,13H,4-5H2,1-3H3. The van der Waals surface area contributed by atoms with Gasteiger partial charge in [-0.1, -0.05) is 18.7 Å². The highest BCUT2D eigenvalue weighted by Gasteiger charge is 2.24. The first-order chi connectivity index (χ1) is 7.47. The van der Waals surface area contributed by atoms with E-state index in [2.05, 4.69) is 5.10 Å². The Bertz CT molecular complexity index is 392. The Morgan fingerprint density at radius 2 is 2.31 bits per heavy atom. The van der Waals surface area contributed by atoms with E-state index in [1.807, 2.05) is 6.92 Å². The Kier molecular flexibility index (Phi) is 4.31. The summed E-state index contributed by atoms with van der Waals surface area (Å²) in [4.78, 5) is 10.5. The number of hydrogen-bond acceptors (Lipinski definition) is 5. The summed E-state index contributed by atoms with van der Waals surface area (Å²) in [5.74, 6) is 0.746. The van der Waals surface area contributed by atoms with E-state index in [0.29, 0.717) is 16.5 Å². The van der Waals surface area contributed by atoms with Gasteiger partial charge in [0, 0.05) is 19.4 Å². The molecule has 90 valence electrons. The molecule has 0 saturated heterocycles. The zero-order valence-corrected chi connectivity index (χ0v) is 10.3. The third kappa shape index (κ3) is 2.73. The van der Waals surface area contributed by atoms with Gasteiger partial charge in [-0.2, -0.15) is 5.10 Å². The predicted octanol–water partition coefficient (Wildman–Crippen LogP) is 1.36. The fourth-order valence-corrected chi connectivity index (χ4v) is 2.41. The molecule has 1 unspecified atom stereocenters. The fourth-order valence-electron chi connectivity index (χ4n) is 1.27.